The molecular weight excluding hydrogens is 306 g/mol. The van der Waals surface area contributed by atoms with Crippen LogP contribution >= 0.6 is 0 Å². The standard InChI is InChI=1S/C23H40NO/c1-5-6-7-8-9-10-11-12-13-17-20-24(3,4)21(2)23(25)22-18-15-14-16-19-22/h14-16,18-19,21H,5-13,17,20H2,1-4H3/q+1/t21-/m1/s1. The molecule has 0 saturated heterocycles. The van der Waals surface area contributed by atoms with E-state index in [1.54, 1.807) is 0 Å². The lowest BCUT2D eigenvalue weighted by Gasteiger charge is -2.35. The maximum atomic E-state index is 12.7. The summed E-state index contributed by atoms with van der Waals surface area (Å²) in [4.78, 5) is 12.7. The Morgan fingerprint density at radius 2 is 1.32 bits per heavy atom. The molecule has 0 fully saturated rings. The van der Waals surface area contributed by atoms with Gasteiger partial charge in [0.15, 0.2) is 0 Å². The molecule has 142 valence electrons. The van der Waals surface area contributed by atoms with Crippen molar-refractivity contribution in [2.24, 2.45) is 0 Å². The second-order valence-electron chi connectivity index (χ2n) is 8.09. The van der Waals surface area contributed by atoms with Crippen LogP contribution in [-0.2, 0) is 0 Å². The highest BCUT2D eigenvalue weighted by molar-refractivity contribution is 5.99. The predicted octanol–water partition coefficient (Wildman–Crippen LogP) is 6.26. The number of hydrogen-bond acceptors (Lipinski definition) is 1. The number of rotatable bonds is 14. The number of nitrogens with zero attached hydrogens (tertiary/aromatic N) is 1. The first-order valence-corrected chi connectivity index (χ1v) is 10.4. The lowest BCUT2D eigenvalue weighted by Crippen LogP contribution is -2.51. The van der Waals surface area contributed by atoms with Gasteiger partial charge in [-0.2, -0.15) is 0 Å². The van der Waals surface area contributed by atoms with Crippen LogP contribution in [0.2, 0.25) is 0 Å². The van der Waals surface area contributed by atoms with Crippen LogP contribution in [0, 0.1) is 0 Å². The average Bonchev–Trinajstić information content (AvgIpc) is 2.62. The van der Waals surface area contributed by atoms with E-state index in [2.05, 4.69) is 27.9 Å². The third-order valence-electron chi connectivity index (χ3n) is 5.57. The summed E-state index contributed by atoms with van der Waals surface area (Å²) >= 11 is 0. The fraction of sp³-hybridized carbons (Fsp3) is 0.696. The fourth-order valence-electron chi connectivity index (χ4n) is 3.36. The summed E-state index contributed by atoms with van der Waals surface area (Å²) in [5.41, 5.74) is 0.837. The van der Waals surface area contributed by atoms with Gasteiger partial charge in [0, 0.05) is 5.56 Å². The van der Waals surface area contributed by atoms with E-state index in [4.69, 9.17) is 0 Å². The van der Waals surface area contributed by atoms with Gasteiger partial charge < -0.3 is 4.48 Å². The van der Waals surface area contributed by atoms with E-state index < -0.39 is 0 Å². The van der Waals surface area contributed by atoms with Crippen molar-refractivity contribution >= 4 is 5.78 Å². The summed E-state index contributed by atoms with van der Waals surface area (Å²) in [5.74, 6) is 0.262. The van der Waals surface area contributed by atoms with Gasteiger partial charge in [0.2, 0.25) is 5.78 Å². The molecule has 1 aromatic rings. The van der Waals surface area contributed by atoms with Gasteiger partial charge in [-0.05, 0) is 19.8 Å². The molecule has 0 bridgehead atoms. The van der Waals surface area contributed by atoms with Crippen LogP contribution in [0.4, 0.5) is 0 Å². The molecule has 0 heterocycles. The molecular formula is C23H40NO+. The molecule has 0 spiro atoms. The third kappa shape index (κ3) is 8.67. The Morgan fingerprint density at radius 3 is 1.84 bits per heavy atom. The Labute approximate surface area is 156 Å². The topological polar surface area (TPSA) is 17.1 Å². The lowest BCUT2D eigenvalue weighted by molar-refractivity contribution is -0.903. The second kappa shape index (κ2) is 12.2. The van der Waals surface area contributed by atoms with Crippen molar-refractivity contribution in [1.82, 2.24) is 0 Å². The number of unbranched alkanes of at least 4 members (excludes halogenated alkanes) is 9. The van der Waals surface area contributed by atoms with Gasteiger partial charge in [-0.1, -0.05) is 88.6 Å². The molecule has 0 saturated carbocycles. The molecule has 0 aliphatic heterocycles. The van der Waals surface area contributed by atoms with Crippen molar-refractivity contribution in [2.45, 2.75) is 84.1 Å². The number of benzene rings is 1. The molecule has 0 aliphatic carbocycles. The minimum absolute atomic E-state index is 0.0148. The van der Waals surface area contributed by atoms with Crippen LogP contribution in [0.1, 0.15) is 88.4 Å². The number of likely N-dealkylation sites (N-methyl/N-ethyl adjacent to an activating group) is 1. The number of carbonyl (C=O) groups excluding carboxylic acids is 1. The van der Waals surface area contributed by atoms with Gasteiger partial charge in [-0.15, -0.1) is 0 Å². The van der Waals surface area contributed by atoms with E-state index in [9.17, 15) is 4.79 Å². The van der Waals surface area contributed by atoms with E-state index in [-0.39, 0.29) is 11.8 Å². The number of quaternary nitrogens is 1. The number of Topliss-reactive ketones (excluding diaryl/α,β-unsaturated/α-hetero) is 1. The first kappa shape index (κ1) is 21.9. The summed E-state index contributed by atoms with van der Waals surface area (Å²) in [6, 6.07) is 9.73. The maximum absolute atomic E-state index is 12.7. The van der Waals surface area contributed by atoms with Crippen LogP contribution in [0.15, 0.2) is 30.3 Å². The molecule has 25 heavy (non-hydrogen) atoms. The SMILES string of the molecule is CCCCCCCCCCCC[N+](C)(C)[C@H](C)C(=O)c1ccccc1. The zero-order chi connectivity index (χ0) is 18.5. The first-order valence-electron chi connectivity index (χ1n) is 10.4. The molecule has 0 unspecified atom stereocenters. The van der Waals surface area contributed by atoms with Crippen molar-refractivity contribution < 1.29 is 9.28 Å². The normalized spacial score (nSPS) is 13.0. The Morgan fingerprint density at radius 1 is 0.840 bits per heavy atom. The number of ketones is 1. The minimum atomic E-state index is 0.0148. The maximum Gasteiger partial charge on any atom is 0.219 e. The van der Waals surface area contributed by atoms with Crippen LogP contribution in [0.5, 0.6) is 0 Å². The van der Waals surface area contributed by atoms with Crippen molar-refractivity contribution in [2.75, 3.05) is 20.6 Å². The van der Waals surface area contributed by atoms with Gasteiger partial charge >= 0.3 is 0 Å². The van der Waals surface area contributed by atoms with Crippen molar-refractivity contribution in [1.29, 1.82) is 0 Å². The molecule has 2 heteroatoms. The molecule has 1 aromatic carbocycles. The predicted molar refractivity (Wildman–Crippen MR) is 109 cm³/mol. The highest BCUT2D eigenvalue weighted by Crippen LogP contribution is 2.16. The molecule has 1 rings (SSSR count). The third-order valence-corrected chi connectivity index (χ3v) is 5.57. The second-order valence-corrected chi connectivity index (χ2v) is 8.09. The highest BCUT2D eigenvalue weighted by atomic mass is 16.1. The van der Waals surface area contributed by atoms with Gasteiger partial charge in [0.25, 0.3) is 0 Å². The summed E-state index contributed by atoms with van der Waals surface area (Å²) in [6.07, 6.45) is 13.6. The highest BCUT2D eigenvalue weighted by Gasteiger charge is 2.30. The summed E-state index contributed by atoms with van der Waals surface area (Å²) in [6.45, 7) is 5.43. The fourth-order valence-corrected chi connectivity index (χ4v) is 3.36. The van der Waals surface area contributed by atoms with E-state index in [1.807, 2.05) is 30.3 Å². The largest absolute Gasteiger partial charge is 0.320 e. The van der Waals surface area contributed by atoms with E-state index in [0.29, 0.717) is 0 Å². The molecule has 1 atom stereocenters. The Balaban J connectivity index is 2.19. The summed E-state index contributed by atoms with van der Waals surface area (Å²) < 4.78 is 0.782. The quantitative estimate of drug-likeness (QED) is 0.221. The Bertz CT molecular complexity index is 466. The zero-order valence-corrected chi connectivity index (χ0v) is 17.1. The number of carbonyl (C=O) groups is 1. The average molecular weight is 347 g/mol. The van der Waals surface area contributed by atoms with Gasteiger partial charge in [-0.25, -0.2) is 0 Å². The molecule has 0 amide bonds. The van der Waals surface area contributed by atoms with Crippen LogP contribution in [0.3, 0.4) is 0 Å². The lowest BCUT2D eigenvalue weighted by atomic mass is 10.0. The molecule has 0 aliphatic rings. The van der Waals surface area contributed by atoms with Gasteiger partial charge in [-0.3, -0.25) is 4.79 Å². The Kier molecular flexibility index (Phi) is 10.7. The van der Waals surface area contributed by atoms with Crippen LogP contribution in [0.25, 0.3) is 0 Å². The van der Waals surface area contributed by atoms with Crippen LogP contribution < -0.4 is 0 Å². The van der Waals surface area contributed by atoms with Crippen molar-refractivity contribution in [3.05, 3.63) is 35.9 Å². The van der Waals surface area contributed by atoms with E-state index in [1.165, 1.54) is 64.2 Å². The zero-order valence-electron chi connectivity index (χ0n) is 17.1. The minimum Gasteiger partial charge on any atom is -0.320 e. The molecule has 0 radical (unpaired) electrons. The van der Waals surface area contributed by atoms with E-state index in [0.717, 1.165) is 16.6 Å². The van der Waals surface area contributed by atoms with Crippen molar-refractivity contribution in [3.8, 4) is 0 Å². The van der Waals surface area contributed by atoms with Crippen molar-refractivity contribution in [3.63, 3.8) is 0 Å². The summed E-state index contributed by atoms with van der Waals surface area (Å²) in [7, 11) is 4.39. The smallest absolute Gasteiger partial charge is 0.219 e. The molecule has 2 nitrogen and oxygen atoms in total. The van der Waals surface area contributed by atoms with Gasteiger partial charge in [0.1, 0.15) is 6.04 Å². The Hall–Kier alpha value is -1.15. The van der Waals surface area contributed by atoms with E-state index >= 15 is 0 Å². The van der Waals surface area contributed by atoms with Gasteiger partial charge in [0.05, 0.1) is 20.6 Å². The molecule has 0 N–H and O–H groups in total. The first-order chi connectivity index (χ1) is 12.0. The monoisotopic (exact) mass is 346 g/mol. The van der Waals surface area contributed by atoms with Crippen LogP contribution in [-0.4, -0.2) is 36.9 Å². The molecule has 0 aromatic heterocycles. The summed E-state index contributed by atoms with van der Waals surface area (Å²) in [5, 5.41) is 0. The number of hydrogen-bond donors (Lipinski definition) is 0.